The summed E-state index contributed by atoms with van der Waals surface area (Å²) in [5.41, 5.74) is 3.68. The molecule has 3 aromatic rings. The lowest BCUT2D eigenvalue weighted by Gasteiger charge is -2.07. The topological polar surface area (TPSA) is 83.5 Å². The summed E-state index contributed by atoms with van der Waals surface area (Å²) in [4.78, 5) is 17.4. The number of nitrogens with one attached hydrogen (secondary N) is 2. The van der Waals surface area contributed by atoms with E-state index in [0.29, 0.717) is 4.61 Å². The molecule has 162 valence electrons. The molecule has 0 radical (unpaired) electrons. The lowest BCUT2D eigenvalue weighted by molar-refractivity contribution is -0.111. The minimum absolute atomic E-state index is 0.214. The van der Waals surface area contributed by atoms with E-state index < -0.39 is 0 Å². The van der Waals surface area contributed by atoms with Gasteiger partial charge in [0.15, 0.2) is 5.06 Å². The Morgan fingerprint density at radius 1 is 1.16 bits per heavy atom. The molecule has 0 spiro atoms. The highest BCUT2D eigenvalue weighted by molar-refractivity contribution is 14.1. The number of pyridine rings is 1. The van der Waals surface area contributed by atoms with Crippen LogP contribution < -0.4 is 10.6 Å². The number of halogens is 1. The van der Waals surface area contributed by atoms with Gasteiger partial charge in [0.2, 0.25) is 5.91 Å². The highest BCUT2D eigenvalue weighted by atomic mass is 127. The number of anilines is 1. The maximum Gasteiger partial charge on any atom is 0.248 e. The van der Waals surface area contributed by atoms with Crippen LogP contribution in [0.1, 0.15) is 11.1 Å². The van der Waals surface area contributed by atoms with Crippen molar-refractivity contribution in [3.8, 4) is 15.5 Å². The molecule has 0 fully saturated rings. The lowest BCUT2D eigenvalue weighted by atomic mass is 10.1. The number of hydrogen-bond donors (Lipinski definition) is 3. The van der Waals surface area contributed by atoms with E-state index in [0.717, 1.165) is 47.8 Å². The zero-order valence-corrected chi connectivity index (χ0v) is 19.9. The fraction of sp³-hybridized carbons (Fsp3) is 0.217. The van der Waals surface area contributed by atoms with Crippen LogP contribution in [-0.4, -0.2) is 40.3 Å². The average Bonchev–Trinajstić information content (AvgIpc) is 3.22. The standard InChI is InChI=1S/C23H24IN3O3S/c24-16-30-14-13-25-11-9-17-1-4-19(5-2-17)27-22(28)7-3-18-15-26-12-10-20(18)21-6-8-23(29)31-21/h1-8,10,12,15,25,29H,9,11,13-14,16H2,(H,27,28)/b7-3+. The second-order valence-electron chi connectivity index (χ2n) is 6.64. The van der Waals surface area contributed by atoms with E-state index in [4.69, 9.17) is 4.74 Å². The van der Waals surface area contributed by atoms with E-state index in [2.05, 4.69) is 38.2 Å². The van der Waals surface area contributed by atoms with Crippen LogP contribution in [0, 0.1) is 0 Å². The van der Waals surface area contributed by atoms with Crippen molar-refractivity contribution in [2.24, 2.45) is 0 Å². The minimum atomic E-state index is -0.214. The van der Waals surface area contributed by atoms with E-state index in [1.807, 2.05) is 36.4 Å². The molecule has 0 unspecified atom stereocenters. The Morgan fingerprint density at radius 2 is 2.00 bits per heavy atom. The van der Waals surface area contributed by atoms with Gasteiger partial charge >= 0.3 is 0 Å². The maximum atomic E-state index is 12.3. The van der Waals surface area contributed by atoms with Crippen molar-refractivity contribution in [1.29, 1.82) is 0 Å². The minimum Gasteiger partial charge on any atom is -0.499 e. The van der Waals surface area contributed by atoms with E-state index in [1.54, 1.807) is 24.5 Å². The van der Waals surface area contributed by atoms with Gasteiger partial charge in [-0.2, -0.15) is 0 Å². The fourth-order valence-electron chi connectivity index (χ4n) is 2.90. The van der Waals surface area contributed by atoms with Crippen molar-refractivity contribution >= 4 is 51.6 Å². The van der Waals surface area contributed by atoms with Crippen molar-refractivity contribution in [1.82, 2.24) is 10.3 Å². The third kappa shape index (κ3) is 7.73. The number of aromatic nitrogens is 1. The van der Waals surface area contributed by atoms with Crippen LogP contribution in [0.5, 0.6) is 5.06 Å². The number of carbonyl (C=O) groups is 1. The van der Waals surface area contributed by atoms with Crippen LogP contribution >= 0.6 is 33.9 Å². The number of nitrogens with zero attached hydrogens (tertiary/aromatic N) is 1. The molecule has 0 aliphatic rings. The number of rotatable bonds is 11. The summed E-state index contributed by atoms with van der Waals surface area (Å²) < 4.78 is 5.99. The Bertz CT molecular complexity index is 1010. The van der Waals surface area contributed by atoms with E-state index in [9.17, 15) is 9.90 Å². The van der Waals surface area contributed by atoms with Crippen LogP contribution in [-0.2, 0) is 16.0 Å². The summed E-state index contributed by atoms with van der Waals surface area (Å²) in [6.07, 6.45) is 7.53. The molecule has 0 saturated heterocycles. The van der Waals surface area contributed by atoms with Crippen molar-refractivity contribution in [2.75, 3.05) is 29.6 Å². The summed E-state index contributed by atoms with van der Waals surface area (Å²) in [7, 11) is 0. The van der Waals surface area contributed by atoms with Gasteiger partial charge < -0.3 is 20.5 Å². The van der Waals surface area contributed by atoms with Gasteiger partial charge in [0.05, 0.1) is 11.2 Å². The predicted molar refractivity (Wildman–Crippen MR) is 135 cm³/mol. The molecule has 1 aromatic carbocycles. The van der Waals surface area contributed by atoms with E-state index in [-0.39, 0.29) is 11.0 Å². The van der Waals surface area contributed by atoms with Gasteiger partial charge in [0.1, 0.15) is 0 Å². The Hall–Kier alpha value is -2.27. The van der Waals surface area contributed by atoms with Crippen LogP contribution in [0.15, 0.2) is 60.9 Å². The molecule has 0 aliphatic heterocycles. The normalized spacial score (nSPS) is 11.1. The van der Waals surface area contributed by atoms with Gasteiger partial charge in [-0.15, -0.1) is 0 Å². The zero-order chi connectivity index (χ0) is 21.9. The van der Waals surface area contributed by atoms with Gasteiger partial charge in [-0.25, -0.2) is 0 Å². The van der Waals surface area contributed by atoms with Crippen LogP contribution in [0.25, 0.3) is 16.5 Å². The number of amides is 1. The molecule has 3 N–H and O–H groups in total. The first kappa shape index (κ1) is 23.4. The summed E-state index contributed by atoms with van der Waals surface area (Å²) in [5, 5.41) is 16.1. The number of aromatic hydroxyl groups is 1. The van der Waals surface area contributed by atoms with Gasteiger partial charge in [-0.1, -0.05) is 46.1 Å². The largest absolute Gasteiger partial charge is 0.499 e. The summed E-state index contributed by atoms with van der Waals surface area (Å²) >= 11 is 3.47. The van der Waals surface area contributed by atoms with Gasteiger partial charge in [-0.3, -0.25) is 9.78 Å². The van der Waals surface area contributed by atoms with Crippen LogP contribution in [0.2, 0.25) is 0 Å². The van der Waals surface area contributed by atoms with Gasteiger partial charge in [0.25, 0.3) is 0 Å². The van der Waals surface area contributed by atoms with E-state index in [1.165, 1.54) is 23.0 Å². The molecule has 2 aromatic heterocycles. The first-order valence-corrected chi connectivity index (χ1v) is 12.2. The lowest BCUT2D eigenvalue weighted by Crippen LogP contribution is -2.22. The Kier molecular flexibility index (Phi) is 9.47. The monoisotopic (exact) mass is 549 g/mol. The first-order chi connectivity index (χ1) is 15.2. The van der Waals surface area contributed by atoms with Crippen molar-refractivity contribution in [2.45, 2.75) is 6.42 Å². The average molecular weight is 549 g/mol. The number of hydrogen-bond acceptors (Lipinski definition) is 6. The third-order valence-corrected chi connectivity index (χ3v) is 5.80. The predicted octanol–water partition coefficient (Wildman–Crippen LogP) is 4.71. The van der Waals surface area contributed by atoms with Crippen molar-refractivity contribution in [3.05, 3.63) is 72.1 Å². The van der Waals surface area contributed by atoms with Crippen LogP contribution in [0.4, 0.5) is 5.69 Å². The number of alkyl halides is 1. The second kappa shape index (κ2) is 12.6. The summed E-state index contributed by atoms with van der Waals surface area (Å²) in [6, 6.07) is 13.2. The molecule has 0 bridgehead atoms. The van der Waals surface area contributed by atoms with Crippen LogP contribution in [0.3, 0.4) is 0 Å². The Labute approximate surface area is 199 Å². The second-order valence-corrected chi connectivity index (χ2v) is 8.32. The SMILES string of the molecule is O=C(/C=C/c1cnccc1-c1ccc(O)s1)Nc1ccc(CCNCCOCI)cc1. The fourth-order valence-corrected chi connectivity index (χ4v) is 4.00. The Balaban J connectivity index is 1.51. The molecule has 3 rings (SSSR count). The van der Waals surface area contributed by atoms with Crippen molar-refractivity contribution in [3.63, 3.8) is 0 Å². The number of carbonyl (C=O) groups excluding carboxylic acids is 1. The quantitative estimate of drug-likeness (QED) is 0.140. The first-order valence-electron chi connectivity index (χ1n) is 9.81. The smallest absolute Gasteiger partial charge is 0.248 e. The molecule has 1 amide bonds. The maximum absolute atomic E-state index is 12.3. The molecule has 2 heterocycles. The molecule has 0 aliphatic carbocycles. The highest BCUT2D eigenvalue weighted by Gasteiger charge is 2.07. The summed E-state index contributed by atoms with van der Waals surface area (Å²) in [6.45, 7) is 2.45. The molecular formula is C23H24IN3O3S. The highest BCUT2D eigenvalue weighted by Crippen LogP contribution is 2.34. The molecular weight excluding hydrogens is 525 g/mol. The molecule has 0 atom stereocenters. The summed E-state index contributed by atoms with van der Waals surface area (Å²) in [5.74, 6) is -0.214. The molecule has 31 heavy (non-hydrogen) atoms. The number of benzene rings is 1. The van der Waals surface area contributed by atoms with E-state index >= 15 is 0 Å². The van der Waals surface area contributed by atoms with Gasteiger partial charge in [0, 0.05) is 46.7 Å². The molecule has 0 saturated carbocycles. The van der Waals surface area contributed by atoms with Crippen molar-refractivity contribution < 1.29 is 14.6 Å². The molecule has 6 nitrogen and oxygen atoms in total. The Morgan fingerprint density at radius 3 is 2.74 bits per heavy atom. The van der Waals surface area contributed by atoms with Gasteiger partial charge in [-0.05, 0) is 54.9 Å². The number of ether oxygens (including phenoxy) is 1. The number of thiophene rings is 1. The zero-order valence-electron chi connectivity index (χ0n) is 16.9. The third-order valence-electron chi connectivity index (χ3n) is 4.44. The molecule has 8 heteroatoms.